The second-order valence-corrected chi connectivity index (χ2v) is 4.81. The van der Waals surface area contributed by atoms with Gasteiger partial charge in [0.25, 0.3) is 5.69 Å². The molecule has 7 nitrogen and oxygen atoms in total. The fourth-order valence-electron chi connectivity index (χ4n) is 2.19. The Labute approximate surface area is 126 Å². The minimum absolute atomic E-state index is 0.0128. The van der Waals surface area contributed by atoms with Gasteiger partial charge in [-0.05, 0) is 0 Å². The molecule has 1 heterocycles. The van der Waals surface area contributed by atoms with Gasteiger partial charge in [0.1, 0.15) is 0 Å². The molecule has 112 valence electrons. The summed E-state index contributed by atoms with van der Waals surface area (Å²) in [6.07, 6.45) is -0.395. The zero-order chi connectivity index (χ0) is 15.5. The van der Waals surface area contributed by atoms with Crippen molar-refractivity contribution in [2.75, 3.05) is 7.05 Å². The summed E-state index contributed by atoms with van der Waals surface area (Å²) in [5.74, 6) is 0.482. The van der Waals surface area contributed by atoms with Crippen LogP contribution >= 0.6 is 0 Å². The summed E-state index contributed by atoms with van der Waals surface area (Å²) < 4.78 is 0. The number of oxime groups is 1. The molecule has 1 unspecified atom stereocenters. The number of nitrogens with one attached hydrogen (secondary N) is 1. The Kier molecular flexibility index (Phi) is 3.71. The number of hydrazine groups is 1. The van der Waals surface area contributed by atoms with Gasteiger partial charge in [-0.25, -0.2) is 0 Å². The zero-order valence-corrected chi connectivity index (χ0v) is 11.8. The molecule has 22 heavy (non-hydrogen) atoms. The van der Waals surface area contributed by atoms with Gasteiger partial charge >= 0.3 is 0 Å². The fourth-order valence-corrected chi connectivity index (χ4v) is 2.19. The number of amidine groups is 1. The molecule has 2 aromatic rings. The second kappa shape index (κ2) is 5.82. The molecule has 2 aromatic carbocycles. The van der Waals surface area contributed by atoms with Gasteiger partial charge in [-0.3, -0.25) is 15.1 Å². The Morgan fingerprint density at radius 2 is 2.00 bits per heavy atom. The minimum Gasteiger partial charge on any atom is -0.368 e. The van der Waals surface area contributed by atoms with Crippen molar-refractivity contribution in [1.82, 2.24) is 10.4 Å². The largest absolute Gasteiger partial charge is 0.368 e. The number of nitro benzene ring substituents is 1. The first-order chi connectivity index (χ1) is 10.6. The molecule has 7 heteroatoms. The van der Waals surface area contributed by atoms with E-state index in [2.05, 4.69) is 10.6 Å². The quantitative estimate of drug-likeness (QED) is 0.695. The van der Waals surface area contributed by atoms with Crippen molar-refractivity contribution in [2.45, 2.75) is 6.23 Å². The molecule has 0 saturated heterocycles. The average Bonchev–Trinajstić information content (AvgIpc) is 2.55. The van der Waals surface area contributed by atoms with Crippen LogP contribution < -0.4 is 5.43 Å². The monoisotopic (exact) mass is 298 g/mol. The van der Waals surface area contributed by atoms with Crippen molar-refractivity contribution >= 4 is 11.5 Å². The Morgan fingerprint density at radius 3 is 2.68 bits per heavy atom. The lowest BCUT2D eigenvalue weighted by atomic mass is 10.1. The predicted octanol–water partition coefficient (Wildman–Crippen LogP) is 2.42. The molecule has 0 bridgehead atoms. The lowest BCUT2D eigenvalue weighted by Crippen LogP contribution is -2.46. The molecule has 0 aromatic heterocycles. The summed E-state index contributed by atoms with van der Waals surface area (Å²) in [4.78, 5) is 15.9. The number of hydrogen-bond donors (Lipinski definition) is 1. The van der Waals surface area contributed by atoms with Crippen LogP contribution in [0.2, 0.25) is 0 Å². The molecule has 1 N–H and O–H groups in total. The normalized spacial score (nSPS) is 17.6. The van der Waals surface area contributed by atoms with Crippen LogP contribution in [0.25, 0.3) is 0 Å². The van der Waals surface area contributed by atoms with Crippen LogP contribution in [0.1, 0.15) is 17.4 Å². The summed E-state index contributed by atoms with van der Waals surface area (Å²) in [6, 6.07) is 15.9. The molecule has 0 fully saturated rings. The summed E-state index contributed by atoms with van der Waals surface area (Å²) in [6.45, 7) is 0. The van der Waals surface area contributed by atoms with Crippen LogP contribution in [0.4, 0.5) is 5.69 Å². The van der Waals surface area contributed by atoms with Crippen molar-refractivity contribution in [3.05, 3.63) is 75.8 Å². The Bertz CT molecular complexity index is 718. The highest BCUT2D eigenvalue weighted by Crippen LogP contribution is 2.21. The standard InChI is InChI=1S/C15H14N4O3/c1-18-14(12-8-5-9-13(10-12)19(20)21)17-22-15(16-18)11-6-3-2-4-7-11/h2-10,15-16H,1H3. The van der Waals surface area contributed by atoms with E-state index in [-0.39, 0.29) is 5.69 Å². The van der Waals surface area contributed by atoms with E-state index in [1.54, 1.807) is 24.2 Å². The molecule has 0 spiro atoms. The fraction of sp³-hybridized carbons (Fsp3) is 0.133. The summed E-state index contributed by atoms with van der Waals surface area (Å²) in [5, 5.41) is 16.7. The van der Waals surface area contributed by atoms with E-state index in [0.717, 1.165) is 5.56 Å². The van der Waals surface area contributed by atoms with E-state index in [1.807, 2.05) is 30.3 Å². The van der Waals surface area contributed by atoms with Crippen LogP contribution in [-0.2, 0) is 4.84 Å². The van der Waals surface area contributed by atoms with E-state index in [4.69, 9.17) is 4.84 Å². The third-order valence-corrected chi connectivity index (χ3v) is 3.29. The van der Waals surface area contributed by atoms with E-state index < -0.39 is 11.2 Å². The maximum atomic E-state index is 10.9. The molecule has 1 aliphatic rings. The lowest BCUT2D eigenvalue weighted by molar-refractivity contribution is -0.384. The minimum atomic E-state index is -0.437. The maximum Gasteiger partial charge on any atom is 0.270 e. The van der Waals surface area contributed by atoms with Gasteiger partial charge in [0.2, 0.25) is 6.23 Å². The van der Waals surface area contributed by atoms with E-state index in [9.17, 15) is 10.1 Å². The molecule has 0 aliphatic carbocycles. The summed E-state index contributed by atoms with van der Waals surface area (Å²) >= 11 is 0. The number of rotatable bonds is 3. The highest BCUT2D eigenvalue weighted by molar-refractivity contribution is 5.98. The third kappa shape index (κ3) is 2.75. The number of nitro groups is 1. The number of benzene rings is 2. The number of non-ortho nitro benzene ring substituents is 1. The smallest absolute Gasteiger partial charge is 0.270 e. The topological polar surface area (TPSA) is 80.0 Å². The van der Waals surface area contributed by atoms with Gasteiger partial charge in [0, 0.05) is 30.3 Å². The van der Waals surface area contributed by atoms with Crippen molar-refractivity contribution in [2.24, 2.45) is 5.16 Å². The SMILES string of the molecule is CN1NC(c2ccccc2)ON=C1c1cccc([N+](=O)[O-])c1. The van der Waals surface area contributed by atoms with Gasteiger partial charge in [-0.2, -0.15) is 5.43 Å². The van der Waals surface area contributed by atoms with Crippen molar-refractivity contribution < 1.29 is 9.76 Å². The number of nitrogens with zero attached hydrogens (tertiary/aromatic N) is 3. The van der Waals surface area contributed by atoms with Crippen LogP contribution in [0, 0.1) is 10.1 Å². The van der Waals surface area contributed by atoms with E-state index >= 15 is 0 Å². The third-order valence-electron chi connectivity index (χ3n) is 3.29. The van der Waals surface area contributed by atoms with Gasteiger partial charge in [0.15, 0.2) is 5.84 Å². The Balaban J connectivity index is 1.86. The predicted molar refractivity (Wildman–Crippen MR) is 80.8 cm³/mol. The average molecular weight is 298 g/mol. The van der Waals surface area contributed by atoms with Crippen LogP contribution in [0.5, 0.6) is 0 Å². The molecule has 0 amide bonds. The summed E-state index contributed by atoms with van der Waals surface area (Å²) in [7, 11) is 1.79. The molecule has 0 saturated carbocycles. The first-order valence-corrected chi connectivity index (χ1v) is 6.68. The van der Waals surface area contributed by atoms with Gasteiger partial charge in [-0.15, -0.1) is 0 Å². The maximum absolute atomic E-state index is 10.9. The van der Waals surface area contributed by atoms with Crippen molar-refractivity contribution in [3.63, 3.8) is 0 Å². The van der Waals surface area contributed by atoms with E-state index in [0.29, 0.717) is 11.4 Å². The second-order valence-electron chi connectivity index (χ2n) is 4.81. The van der Waals surface area contributed by atoms with Gasteiger partial charge < -0.3 is 4.84 Å². The number of hydrogen-bond acceptors (Lipinski definition) is 6. The van der Waals surface area contributed by atoms with Crippen LogP contribution in [-0.4, -0.2) is 22.8 Å². The van der Waals surface area contributed by atoms with E-state index in [1.165, 1.54) is 12.1 Å². The zero-order valence-electron chi connectivity index (χ0n) is 11.8. The first-order valence-electron chi connectivity index (χ1n) is 6.68. The highest BCUT2D eigenvalue weighted by atomic mass is 16.7. The van der Waals surface area contributed by atoms with Crippen LogP contribution in [0.15, 0.2) is 59.8 Å². The highest BCUT2D eigenvalue weighted by Gasteiger charge is 2.24. The molecule has 1 atom stereocenters. The Hall–Kier alpha value is -2.93. The molecular formula is C15H14N4O3. The molecule has 3 rings (SSSR count). The van der Waals surface area contributed by atoms with Gasteiger partial charge in [0.05, 0.1) is 4.92 Å². The van der Waals surface area contributed by atoms with Crippen molar-refractivity contribution in [1.29, 1.82) is 0 Å². The molecule has 0 radical (unpaired) electrons. The molecular weight excluding hydrogens is 284 g/mol. The molecule has 1 aliphatic heterocycles. The summed E-state index contributed by atoms with van der Waals surface area (Å²) in [5.41, 5.74) is 4.70. The lowest BCUT2D eigenvalue weighted by Gasteiger charge is -2.31. The van der Waals surface area contributed by atoms with Crippen LogP contribution in [0.3, 0.4) is 0 Å². The van der Waals surface area contributed by atoms with Crippen molar-refractivity contribution in [3.8, 4) is 0 Å². The Morgan fingerprint density at radius 1 is 1.23 bits per heavy atom. The van der Waals surface area contributed by atoms with Gasteiger partial charge in [-0.1, -0.05) is 47.6 Å². The first kappa shape index (κ1) is 14.0.